The van der Waals surface area contributed by atoms with Gasteiger partial charge in [0, 0.05) is 0 Å². The molecule has 1 aliphatic heterocycles. The summed E-state index contributed by atoms with van der Waals surface area (Å²) < 4.78 is 12.2. The van der Waals surface area contributed by atoms with E-state index in [1.807, 2.05) is 13.8 Å². The van der Waals surface area contributed by atoms with Crippen LogP contribution in [0, 0.1) is 23.6 Å². The molecule has 0 aromatic heterocycles. The maximum absolute atomic E-state index is 12.2. The maximum atomic E-state index is 12.2. The Morgan fingerprint density at radius 1 is 1.18 bits per heavy atom. The van der Waals surface area contributed by atoms with E-state index in [1.165, 1.54) is 25.2 Å². The quantitative estimate of drug-likeness (QED) is 0.741. The van der Waals surface area contributed by atoms with E-state index in [2.05, 4.69) is 12.2 Å². The lowest BCUT2D eigenvalue weighted by Gasteiger charge is -1.93. The van der Waals surface area contributed by atoms with Gasteiger partial charge in [0.05, 0.1) is 5.02 Å². The minimum absolute atomic E-state index is 0.174. The number of nitrogens with one attached hydrogen (secondary N) is 1. The first-order valence-electron chi connectivity index (χ1n) is 6.31. The molecule has 1 saturated carbocycles. The fraction of sp³-hybridized carbons (Fsp3) is 0.571. The van der Waals surface area contributed by atoms with Gasteiger partial charge < -0.3 is 5.32 Å². The van der Waals surface area contributed by atoms with E-state index in [-0.39, 0.29) is 10.8 Å². The summed E-state index contributed by atoms with van der Waals surface area (Å²) in [6, 6.07) is 6.12. The normalized spacial score (nSPS) is 28.2. The minimum atomic E-state index is -0.367. The minimum Gasteiger partial charge on any atom is -0.316 e. The Labute approximate surface area is 108 Å². The molecule has 1 heterocycles. The summed E-state index contributed by atoms with van der Waals surface area (Å²) in [6.07, 6.45) is 0. The van der Waals surface area contributed by atoms with Crippen molar-refractivity contribution in [2.45, 2.75) is 20.8 Å². The van der Waals surface area contributed by atoms with E-state index >= 15 is 0 Å². The van der Waals surface area contributed by atoms with Crippen LogP contribution in [0.15, 0.2) is 24.3 Å². The average molecular weight is 258 g/mol. The summed E-state index contributed by atoms with van der Waals surface area (Å²) in [7, 11) is 0. The summed E-state index contributed by atoms with van der Waals surface area (Å²) in [6.45, 7) is 8.95. The number of fused-ring (bicyclic) bond motifs is 1. The van der Waals surface area contributed by atoms with Crippen molar-refractivity contribution in [2.75, 3.05) is 13.1 Å². The summed E-state index contributed by atoms with van der Waals surface area (Å²) in [5.74, 6) is 2.83. The third-order valence-corrected chi connectivity index (χ3v) is 3.65. The Kier molecular flexibility index (Phi) is 5.93. The number of hydrogen-bond donors (Lipinski definition) is 1. The molecule has 17 heavy (non-hydrogen) atoms. The smallest absolute Gasteiger partial charge is 0.141 e. The lowest BCUT2D eigenvalue weighted by molar-refractivity contribution is 0.628. The van der Waals surface area contributed by atoms with Gasteiger partial charge in [0.25, 0.3) is 0 Å². The fourth-order valence-corrected chi connectivity index (χ4v) is 2.30. The first kappa shape index (κ1) is 14.5. The molecule has 1 nitrogen and oxygen atoms in total. The molecule has 3 rings (SSSR count). The van der Waals surface area contributed by atoms with Gasteiger partial charge in [-0.3, -0.25) is 0 Å². The molecular formula is C14H21ClFN. The van der Waals surface area contributed by atoms with Crippen LogP contribution in [0.25, 0.3) is 0 Å². The van der Waals surface area contributed by atoms with Crippen molar-refractivity contribution >= 4 is 11.6 Å². The van der Waals surface area contributed by atoms with Crippen LogP contribution in [-0.4, -0.2) is 13.1 Å². The van der Waals surface area contributed by atoms with Crippen LogP contribution in [0.1, 0.15) is 20.8 Å². The Balaban J connectivity index is 0.000000149. The van der Waals surface area contributed by atoms with E-state index in [0.29, 0.717) is 0 Å². The van der Waals surface area contributed by atoms with Gasteiger partial charge in [0.2, 0.25) is 0 Å². The van der Waals surface area contributed by atoms with Crippen LogP contribution in [0.4, 0.5) is 4.39 Å². The van der Waals surface area contributed by atoms with Gasteiger partial charge in [0.15, 0.2) is 0 Å². The Morgan fingerprint density at radius 2 is 1.71 bits per heavy atom. The molecule has 96 valence electrons. The fourth-order valence-electron chi connectivity index (χ4n) is 2.17. The molecule has 0 amide bonds. The topological polar surface area (TPSA) is 12.0 Å². The molecular weight excluding hydrogens is 237 g/mol. The van der Waals surface area contributed by atoms with Crippen molar-refractivity contribution in [3.63, 3.8) is 0 Å². The van der Waals surface area contributed by atoms with E-state index in [9.17, 15) is 4.39 Å². The van der Waals surface area contributed by atoms with Crippen LogP contribution in [0.2, 0.25) is 5.02 Å². The summed E-state index contributed by atoms with van der Waals surface area (Å²) in [5, 5.41) is 3.53. The SMILES string of the molecule is CC.CC1C2CNCC12.Fc1ccccc1Cl. The second-order valence-corrected chi connectivity index (χ2v) is 4.67. The van der Waals surface area contributed by atoms with E-state index in [0.717, 1.165) is 17.8 Å². The van der Waals surface area contributed by atoms with Crippen LogP contribution in [0.3, 0.4) is 0 Å². The molecule has 0 spiro atoms. The van der Waals surface area contributed by atoms with Crippen molar-refractivity contribution in [2.24, 2.45) is 17.8 Å². The molecule has 1 saturated heterocycles. The van der Waals surface area contributed by atoms with Gasteiger partial charge in [0.1, 0.15) is 5.82 Å². The third-order valence-electron chi connectivity index (χ3n) is 3.34. The van der Waals surface area contributed by atoms with E-state index in [4.69, 9.17) is 11.6 Å². The zero-order valence-corrected chi connectivity index (χ0v) is 11.5. The molecule has 2 aliphatic rings. The molecule has 1 aromatic carbocycles. The molecule has 1 aromatic rings. The molecule has 2 unspecified atom stereocenters. The van der Waals surface area contributed by atoms with Gasteiger partial charge >= 0.3 is 0 Å². The number of hydrogen-bond acceptors (Lipinski definition) is 1. The second-order valence-electron chi connectivity index (χ2n) is 4.26. The van der Waals surface area contributed by atoms with E-state index < -0.39 is 0 Å². The van der Waals surface area contributed by atoms with Crippen molar-refractivity contribution in [3.8, 4) is 0 Å². The molecule has 1 aliphatic carbocycles. The lowest BCUT2D eigenvalue weighted by Crippen LogP contribution is -2.13. The van der Waals surface area contributed by atoms with Crippen LogP contribution in [-0.2, 0) is 0 Å². The van der Waals surface area contributed by atoms with Gasteiger partial charge in [-0.1, -0.05) is 44.5 Å². The van der Waals surface area contributed by atoms with Gasteiger partial charge in [-0.15, -0.1) is 0 Å². The first-order chi connectivity index (χ1) is 8.20. The zero-order chi connectivity index (χ0) is 12.8. The Bertz CT molecular complexity index is 312. The summed E-state index contributed by atoms with van der Waals surface area (Å²) in [4.78, 5) is 0. The first-order valence-corrected chi connectivity index (χ1v) is 6.68. The average Bonchev–Trinajstić information content (AvgIpc) is 2.82. The Morgan fingerprint density at radius 3 is 2.00 bits per heavy atom. The predicted molar refractivity (Wildman–Crippen MR) is 71.8 cm³/mol. The summed E-state index contributed by atoms with van der Waals surface area (Å²) in [5.41, 5.74) is 0. The van der Waals surface area contributed by atoms with Crippen LogP contribution < -0.4 is 5.32 Å². The van der Waals surface area contributed by atoms with Gasteiger partial charge in [-0.25, -0.2) is 4.39 Å². The van der Waals surface area contributed by atoms with Gasteiger partial charge in [-0.2, -0.15) is 0 Å². The lowest BCUT2D eigenvalue weighted by atomic mass is 10.3. The van der Waals surface area contributed by atoms with Crippen LogP contribution in [0.5, 0.6) is 0 Å². The highest BCUT2D eigenvalue weighted by Crippen LogP contribution is 2.47. The van der Waals surface area contributed by atoms with Crippen LogP contribution >= 0.6 is 11.6 Å². The maximum Gasteiger partial charge on any atom is 0.141 e. The highest BCUT2D eigenvalue weighted by Gasteiger charge is 2.49. The zero-order valence-electron chi connectivity index (χ0n) is 10.7. The molecule has 2 atom stereocenters. The van der Waals surface area contributed by atoms with Gasteiger partial charge in [-0.05, 0) is 43.0 Å². The van der Waals surface area contributed by atoms with Crippen molar-refractivity contribution in [1.29, 1.82) is 0 Å². The number of piperidine rings is 1. The monoisotopic (exact) mass is 257 g/mol. The molecule has 0 bridgehead atoms. The standard InChI is InChI=1S/C6H4ClF.C6H11N.C2H6/c7-5-3-1-2-4-6(5)8;1-4-5-2-7-3-6(4)5;1-2/h1-4H;4-7H,2-3H2,1H3;1-2H3. The predicted octanol–water partition coefficient (Wildman–Crippen LogP) is 3.98. The summed E-state index contributed by atoms with van der Waals surface area (Å²) >= 11 is 5.33. The van der Waals surface area contributed by atoms with Crippen molar-refractivity contribution < 1.29 is 4.39 Å². The van der Waals surface area contributed by atoms with Crippen molar-refractivity contribution in [1.82, 2.24) is 5.32 Å². The molecule has 2 fully saturated rings. The van der Waals surface area contributed by atoms with Crippen molar-refractivity contribution in [3.05, 3.63) is 35.1 Å². The molecule has 0 radical (unpaired) electrons. The highest BCUT2D eigenvalue weighted by molar-refractivity contribution is 6.30. The number of halogens is 2. The molecule has 1 N–H and O–H groups in total. The third kappa shape index (κ3) is 3.97. The molecule has 3 heteroatoms. The number of rotatable bonds is 0. The second kappa shape index (κ2) is 6.97. The Hall–Kier alpha value is -0.600. The largest absolute Gasteiger partial charge is 0.316 e. The highest BCUT2D eigenvalue weighted by atomic mass is 35.5. The number of benzene rings is 1. The van der Waals surface area contributed by atoms with E-state index in [1.54, 1.807) is 12.1 Å².